The molecule has 2 atom stereocenters. The lowest BCUT2D eigenvalue weighted by atomic mass is 9.99. The van der Waals surface area contributed by atoms with Gasteiger partial charge in [-0.15, -0.1) is 0 Å². The molecule has 0 bridgehead atoms. The number of nitrogens with two attached hydrogens (primary N) is 1. The third-order valence-electron chi connectivity index (χ3n) is 3.96. The third kappa shape index (κ3) is 2.48. The Morgan fingerprint density at radius 3 is 2.43 bits per heavy atom. The predicted molar refractivity (Wildman–Crippen MR) is 62.3 cm³/mol. The van der Waals surface area contributed by atoms with Gasteiger partial charge in [0.1, 0.15) is 0 Å². The summed E-state index contributed by atoms with van der Waals surface area (Å²) in [5.74, 6) is 0.751. The first-order chi connectivity index (χ1) is 6.74. The number of hydrogen-bond acceptors (Lipinski definition) is 2. The van der Waals surface area contributed by atoms with Gasteiger partial charge in [-0.1, -0.05) is 20.3 Å². The molecule has 2 N–H and O–H groups in total. The van der Waals surface area contributed by atoms with Crippen molar-refractivity contribution in [2.24, 2.45) is 11.7 Å². The maximum Gasteiger partial charge on any atom is 0.0135 e. The van der Waals surface area contributed by atoms with Crippen molar-refractivity contribution in [2.75, 3.05) is 13.6 Å². The predicted octanol–water partition coefficient (Wildman–Crippen LogP) is 2.23. The Balaban J connectivity index is 2.53. The van der Waals surface area contributed by atoms with Crippen LogP contribution in [0.1, 0.15) is 46.0 Å². The van der Waals surface area contributed by atoms with E-state index in [0.29, 0.717) is 0 Å². The minimum atomic E-state index is 0.751. The van der Waals surface area contributed by atoms with Crippen molar-refractivity contribution in [3.63, 3.8) is 0 Å². The van der Waals surface area contributed by atoms with E-state index in [1.807, 2.05) is 0 Å². The number of rotatable bonds is 5. The molecule has 0 aromatic carbocycles. The van der Waals surface area contributed by atoms with Crippen LogP contribution in [0.2, 0.25) is 0 Å². The van der Waals surface area contributed by atoms with E-state index in [-0.39, 0.29) is 0 Å². The van der Waals surface area contributed by atoms with E-state index >= 15 is 0 Å². The van der Waals surface area contributed by atoms with Crippen LogP contribution >= 0.6 is 0 Å². The summed E-state index contributed by atoms with van der Waals surface area (Å²) < 4.78 is 0. The van der Waals surface area contributed by atoms with Gasteiger partial charge in [0.05, 0.1) is 0 Å². The Labute approximate surface area is 88.8 Å². The largest absolute Gasteiger partial charge is 0.330 e. The highest BCUT2D eigenvalue weighted by molar-refractivity contribution is 4.86. The second-order valence-electron chi connectivity index (χ2n) is 4.63. The van der Waals surface area contributed by atoms with Crippen LogP contribution in [0, 0.1) is 5.92 Å². The summed E-state index contributed by atoms with van der Waals surface area (Å²) in [5.41, 5.74) is 5.82. The van der Waals surface area contributed by atoms with Crippen LogP contribution in [0.4, 0.5) is 0 Å². The maximum atomic E-state index is 5.82. The fourth-order valence-corrected chi connectivity index (χ4v) is 2.96. The Morgan fingerprint density at radius 1 is 1.29 bits per heavy atom. The van der Waals surface area contributed by atoms with Crippen LogP contribution in [0.5, 0.6) is 0 Å². The smallest absolute Gasteiger partial charge is 0.0135 e. The van der Waals surface area contributed by atoms with Gasteiger partial charge < -0.3 is 10.6 Å². The molecule has 0 saturated heterocycles. The van der Waals surface area contributed by atoms with Gasteiger partial charge in [-0.05, 0) is 45.2 Å². The molecule has 1 aliphatic rings. The quantitative estimate of drug-likeness (QED) is 0.734. The number of nitrogens with zero attached hydrogens (tertiary/aromatic N) is 1. The average Bonchev–Trinajstić information content (AvgIpc) is 2.67. The SMILES string of the molecule is CCC(CC)N(C)C1CCCC1CN. The van der Waals surface area contributed by atoms with E-state index in [1.165, 1.54) is 32.1 Å². The van der Waals surface area contributed by atoms with Crippen LogP contribution in [0.25, 0.3) is 0 Å². The van der Waals surface area contributed by atoms with Crippen LogP contribution in [-0.4, -0.2) is 30.6 Å². The van der Waals surface area contributed by atoms with Gasteiger partial charge in [0.2, 0.25) is 0 Å². The summed E-state index contributed by atoms with van der Waals surface area (Å²) in [6.45, 7) is 5.45. The highest BCUT2D eigenvalue weighted by atomic mass is 15.2. The molecule has 14 heavy (non-hydrogen) atoms. The van der Waals surface area contributed by atoms with Crippen molar-refractivity contribution in [1.82, 2.24) is 4.90 Å². The molecule has 1 saturated carbocycles. The Bertz CT molecular complexity index is 154. The normalized spacial score (nSPS) is 27.9. The molecule has 1 aliphatic carbocycles. The van der Waals surface area contributed by atoms with Gasteiger partial charge in [0, 0.05) is 12.1 Å². The van der Waals surface area contributed by atoms with Crippen molar-refractivity contribution in [1.29, 1.82) is 0 Å². The minimum Gasteiger partial charge on any atom is -0.330 e. The summed E-state index contributed by atoms with van der Waals surface area (Å²) in [5, 5.41) is 0. The molecule has 0 spiro atoms. The molecule has 2 nitrogen and oxygen atoms in total. The zero-order valence-electron chi connectivity index (χ0n) is 10.00. The molecular weight excluding hydrogens is 172 g/mol. The van der Waals surface area contributed by atoms with Gasteiger partial charge >= 0.3 is 0 Å². The van der Waals surface area contributed by atoms with Crippen molar-refractivity contribution in [3.05, 3.63) is 0 Å². The topological polar surface area (TPSA) is 29.3 Å². The lowest BCUT2D eigenvalue weighted by molar-refractivity contribution is 0.135. The molecule has 84 valence electrons. The van der Waals surface area contributed by atoms with Gasteiger partial charge in [-0.25, -0.2) is 0 Å². The van der Waals surface area contributed by atoms with Gasteiger partial charge in [-0.3, -0.25) is 0 Å². The molecule has 2 unspecified atom stereocenters. The highest BCUT2D eigenvalue weighted by Crippen LogP contribution is 2.30. The van der Waals surface area contributed by atoms with Crippen LogP contribution in [-0.2, 0) is 0 Å². The Kier molecular flexibility index (Phi) is 4.90. The molecule has 1 rings (SSSR count). The van der Waals surface area contributed by atoms with E-state index < -0.39 is 0 Å². The lowest BCUT2D eigenvalue weighted by Crippen LogP contribution is -2.43. The van der Waals surface area contributed by atoms with Crippen LogP contribution in [0.3, 0.4) is 0 Å². The Morgan fingerprint density at radius 2 is 1.93 bits per heavy atom. The summed E-state index contributed by atoms with van der Waals surface area (Å²) in [4.78, 5) is 2.59. The second-order valence-corrected chi connectivity index (χ2v) is 4.63. The van der Waals surface area contributed by atoms with E-state index in [4.69, 9.17) is 5.73 Å². The first-order valence-electron chi connectivity index (χ1n) is 6.16. The third-order valence-corrected chi connectivity index (χ3v) is 3.96. The first-order valence-corrected chi connectivity index (χ1v) is 6.16. The van der Waals surface area contributed by atoms with Gasteiger partial charge in [-0.2, -0.15) is 0 Å². The van der Waals surface area contributed by atoms with Gasteiger partial charge in [0.15, 0.2) is 0 Å². The van der Waals surface area contributed by atoms with E-state index in [1.54, 1.807) is 0 Å². The molecule has 2 heteroatoms. The molecule has 0 aromatic heterocycles. The first kappa shape index (κ1) is 12.0. The molecule has 0 heterocycles. The van der Waals surface area contributed by atoms with Crippen LogP contribution in [0.15, 0.2) is 0 Å². The van der Waals surface area contributed by atoms with E-state index in [0.717, 1.165) is 24.5 Å². The summed E-state index contributed by atoms with van der Waals surface area (Å²) >= 11 is 0. The molecule has 0 radical (unpaired) electrons. The lowest BCUT2D eigenvalue weighted by Gasteiger charge is -2.35. The Hall–Kier alpha value is -0.0800. The second kappa shape index (κ2) is 5.72. The molecule has 0 amide bonds. The van der Waals surface area contributed by atoms with Crippen molar-refractivity contribution in [2.45, 2.75) is 58.0 Å². The van der Waals surface area contributed by atoms with E-state index in [9.17, 15) is 0 Å². The summed E-state index contributed by atoms with van der Waals surface area (Å²) in [6, 6.07) is 1.51. The molecule has 0 aromatic rings. The zero-order valence-corrected chi connectivity index (χ0v) is 10.00. The van der Waals surface area contributed by atoms with Crippen molar-refractivity contribution >= 4 is 0 Å². The molecule has 0 aliphatic heterocycles. The van der Waals surface area contributed by atoms with E-state index in [2.05, 4.69) is 25.8 Å². The minimum absolute atomic E-state index is 0.751. The highest BCUT2D eigenvalue weighted by Gasteiger charge is 2.31. The molecule has 1 fully saturated rings. The summed E-state index contributed by atoms with van der Waals surface area (Å²) in [7, 11) is 2.29. The van der Waals surface area contributed by atoms with Gasteiger partial charge in [0.25, 0.3) is 0 Å². The average molecular weight is 198 g/mol. The monoisotopic (exact) mass is 198 g/mol. The van der Waals surface area contributed by atoms with Crippen molar-refractivity contribution < 1.29 is 0 Å². The number of hydrogen-bond donors (Lipinski definition) is 1. The standard InChI is InChI=1S/C12H26N2/c1-4-11(5-2)14(3)12-8-6-7-10(12)9-13/h10-12H,4-9,13H2,1-3H3. The fourth-order valence-electron chi connectivity index (χ4n) is 2.96. The van der Waals surface area contributed by atoms with Crippen molar-refractivity contribution in [3.8, 4) is 0 Å². The maximum absolute atomic E-state index is 5.82. The fraction of sp³-hybridized carbons (Fsp3) is 1.00. The summed E-state index contributed by atoms with van der Waals surface area (Å²) in [6.07, 6.45) is 6.60. The zero-order chi connectivity index (χ0) is 10.6. The van der Waals surface area contributed by atoms with Crippen LogP contribution < -0.4 is 5.73 Å². The molecular formula is C12H26N2.